The number of likely N-dealkylation sites (tertiary alicyclic amines) is 1. The second-order valence-electron chi connectivity index (χ2n) is 8.47. The van der Waals surface area contributed by atoms with Gasteiger partial charge in [0, 0.05) is 24.5 Å². The van der Waals surface area contributed by atoms with Gasteiger partial charge in [0.25, 0.3) is 0 Å². The number of methoxy groups -OCH3 is 1. The second kappa shape index (κ2) is 6.29. The number of benzene rings is 1. The van der Waals surface area contributed by atoms with E-state index in [-0.39, 0.29) is 17.4 Å². The highest BCUT2D eigenvalue weighted by Crippen LogP contribution is 2.58. The molecular formula is C21H28N2O3. The minimum Gasteiger partial charge on any atom is -0.453 e. The highest BCUT2D eigenvalue weighted by molar-refractivity contribution is 5.81. The van der Waals surface area contributed by atoms with Crippen molar-refractivity contribution in [3.05, 3.63) is 35.4 Å². The average Bonchev–Trinajstić information content (AvgIpc) is 3.11. The summed E-state index contributed by atoms with van der Waals surface area (Å²) in [5, 5.41) is 2.84. The number of ether oxygens (including phenoxy) is 1. The lowest BCUT2D eigenvalue weighted by atomic mass is 9.69. The van der Waals surface area contributed by atoms with Crippen LogP contribution in [0, 0.1) is 17.8 Å². The average molecular weight is 356 g/mol. The van der Waals surface area contributed by atoms with Gasteiger partial charge < -0.3 is 15.0 Å². The van der Waals surface area contributed by atoms with Crippen molar-refractivity contribution in [1.29, 1.82) is 0 Å². The Morgan fingerprint density at radius 2 is 1.81 bits per heavy atom. The normalized spacial score (nSPS) is 34.7. The largest absolute Gasteiger partial charge is 0.453 e. The number of carbonyl (C=O) groups is 2. The van der Waals surface area contributed by atoms with Gasteiger partial charge in [-0.25, -0.2) is 4.79 Å². The Kier molecular flexibility index (Phi) is 4.20. The van der Waals surface area contributed by atoms with Gasteiger partial charge in [-0.3, -0.25) is 4.79 Å². The molecule has 26 heavy (non-hydrogen) atoms. The van der Waals surface area contributed by atoms with Crippen LogP contribution in [0.25, 0.3) is 0 Å². The molecule has 2 saturated carbocycles. The van der Waals surface area contributed by atoms with Crippen LogP contribution < -0.4 is 5.32 Å². The molecule has 3 atom stereocenters. The highest BCUT2D eigenvalue weighted by atomic mass is 16.5. The molecule has 3 fully saturated rings. The Bertz CT molecular complexity index is 696. The zero-order valence-corrected chi connectivity index (χ0v) is 15.8. The molecule has 5 nitrogen and oxygen atoms in total. The van der Waals surface area contributed by atoms with E-state index in [1.807, 2.05) is 6.92 Å². The predicted octanol–water partition coefficient (Wildman–Crippen LogP) is 2.95. The molecule has 2 amide bonds. The molecule has 1 N–H and O–H groups in total. The number of alkyl carbamates (subject to hydrolysis) is 1. The summed E-state index contributed by atoms with van der Waals surface area (Å²) in [6.07, 6.45) is 2.06. The van der Waals surface area contributed by atoms with Crippen molar-refractivity contribution >= 4 is 12.0 Å². The number of hydrogen-bond acceptors (Lipinski definition) is 3. The van der Waals surface area contributed by atoms with Crippen LogP contribution in [0.4, 0.5) is 4.79 Å². The first-order valence-corrected chi connectivity index (χ1v) is 9.68. The minimum atomic E-state index is -0.419. The van der Waals surface area contributed by atoms with Crippen LogP contribution in [0.2, 0.25) is 0 Å². The van der Waals surface area contributed by atoms with E-state index in [9.17, 15) is 9.59 Å². The first kappa shape index (κ1) is 17.4. The van der Waals surface area contributed by atoms with Crippen molar-refractivity contribution in [2.75, 3.05) is 20.2 Å². The van der Waals surface area contributed by atoms with Crippen LogP contribution in [0.15, 0.2) is 24.3 Å². The molecule has 2 aliphatic carbocycles. The molecule has 1 saturated heterocycles. The zero-order valence-electron chi connectivity index (χ0n) is 15.8. The minimum absolute atomic E-state index is 0.0388. The monoisotopic (exact) mass is 356 g/mol. The van der Waals surface area contributed by atoms with Gasteiger partial charge in [-0.05, 0) is 55.1 Å². The standard InChI is InChI=1S/C21H28N2O3/c1-4-13-5-7-14(8-6-13)18-16-11-23(12-17(16)18)19(24)15-9-21(2,10-15)22-20(25)26-3/h5-8,15-18H,4,9-12H2,1-3H3,(H,22,25)/t15?,16-,17+,18?,21?. The third-order valence-electron chi connectivity index (χ3n) is 6.61. The van der Waals surface area contributed by atoms with Crippen LogP contribution >= 0.6 is 0 Å². The van der Waals surface area contributed by atoms with Gasteiger partial charge in [0.15, 0.2) is 0 Å². The summed E-state index contributed by atoms with van der Waals surface area (Å²) in [5.74, 6) is 2.20. The number of piperidine rings is 1. The molecule has 0 aromatic heterocycles. The number of amides is 2. The SMILES string of the molecule is CCc1ccc(C2[C@H]3CN(C(=O)C4CC(C)(NC(=O)OC)C4)C[C@@H]23)cc1. The van der Waals surface area contributed by atoms with Gasteiger partial charge in [-0.1, -0.05) is 31.2 Å². The zero-order chi connectivity index (χ0) is 18.5. The summed E-state index contributed by atoms with van der Waals surface area (Å²) >= 11 is 0. The number of nitrogens with one attached hydrogen (secondary N) is 1. The summed E-state index contributed by atoms with van der Waals surface area (Å²) in [6, 6.07) is 9.00. The Morgan fingerprint density at radius 1 is 1.19 bits per heavy atom. The lowest BCUT2D eigenvalue weighted by molar-refractivity contribution is -0.140. The summed E-state index contributed by atoms with van der Waals surface area (Å²) in [7, 11) is 1.36. The van der Waals surface area contributed by atoms with Gasteiger partial charge in [-0.2, -0.15) is 0 Å². The van der Waals surface area contributed by atoms with Crippen LogP contribution in [0.1, 0.15) is 43.7 Å². The van der Waals surface area contributed by atoms with E-state index in [1.54, 1.807) is 0 Å². The first-order valence-electron chi connectivity index (χ1n) is 9.68. The Balaban J connectivity index is 1.28. The fourth-order valence-corrected chi connectivity index (χ4v) is 5.04. The van der Waals surface area contributed by atoms with Gasteiger partial charge in [0.1, 0.15) is 0 Å². The smallest absolute Gasteiger partial charge is 0.407 e. The van der Waals surface area contributed by atoms with E-state index in [0.29, 0.717) is 30.6 Å². The maximum Gasteiger partial charge on any atom is 0.407 e. The fourth-order valence-electron chi connectivity index (χ4n) is 5.04. The van der Waals surface area contributed by atoms with E-state index in [2.05, 4.69) is 46.1 Å². The lowest BCUT2D eigenvalue weighted by Gasteiger charge is -2.45. The molecule has 5 heteroatoms. The molecule has 140 valence electrons. The second-order valence-corrected chi connectivity index (χ2v) is 8.47. The number of hydrogen-bond donors (Lipinski definition) is 1. The van der Waals surface area contributed by atoms with E-state index in [4.69, 9.17) is 0 Å². The van der Waals surface area contributed by atoms with Crippen molar-refractivity contribution in [3.8, 4) is 0 Å². The van der Waals surface area contributed by atoms with E-state index >= 15 is 0 Å². The summed E-state index contributed by atoms with van der Waals surface area (Å²) in [6.45, 7) is 5.93. The molecular weight excluding hydrogens is 328 g/mol. The molecule has 1 aliphatic heterocycles. The molecule has 1 aromatic carbocycles. The van der Waals surface area contributed by atoms with Crippen molar-refractivity contribution in [2.24, 2.45) is 17.8 Å². The van der Waals surface area contributed by atoms with Gasteiger partial charge in [0.05, 0.1) is 7.11 Å². The molecule has 1 heterocycles. The Labute approximate surface area is 155 Å². The number of fused-ring (bicyclic) bond motifs is 1. The summed E-state index contributed by atoms with van der Waals surface area (Å²) < 4.78 is 4.66. The van der Waals surface area contributed by atoms with Crippen LogP contribution in [0.5, 0.6) is 0 Å². The summed E-state index contributed by atoms with van der Waals surface area (Å²) in [5.41, 5.74) is 2.51. The van der Waals surface area contributed by atoms with Gasteiger partial charge in [-0.15, -0.1) is 0 Å². The third-order valence-corrected chi connectivity index (χ3v) is 6.61. The van der Waals surface area contributed by atoms with E-state index < -0.39 is 6.09 Å². The summed E-state index contributed by atoms with van der Waals surface area (Å²) in [4.78, 5) is 26.2. The quantitative estimate of drug-likeness (QED) is 0.902. The highest BCUT2D eigenvalue weighted by Gasteiger charge is 2.58. The predicted molar refractivity (Wildman–Crippen MR) is 98.8 cm³/mol. The fraction of sp³-hybridized carbons (Fsp3) is 0.619. The topological polar surface area (TPSA) is 58.6 Å². The van der Waals surface area contributed by atoms with E-state index in [1.165, 1.54) is 18.2 Å². The molecule has 0 bridgehead atoms. The number of carbonyl (C=O) groups excluding carboxylic acids is 2. The molecule has 0 radical (unpaired) electrons. The lowest BCUT2D eigenvalue weighted by Crippen LogP contribution is -2.58. The number of rotatable bonds is 4. The Hall–Kier alpha value is -2.04. The van der Waals surface area contributed by atoms with Crippen LogP contribution in [-0.4, -0.2) is 42.6 Å². The van der Waals surface area contributed by atoms with Crippen LogP contribution in [-0.2, 0) is 16.0 Å². The van der Waals surface area contributed by atoms with Crippen molar-refractivity contribution in [3.63, 3.8) is 0 Å². The molecule has 1 aromatic rings. The Morgan fingerprint density at radius 3 is 2.35 bits per heavy atom. The maximum atomic E-state index is 12.7. The first-order chi connectivity index (χ1) is 12.4. The third kappa shape index (κ3) is 2.97. The molecule has 3 aliphatic rings. The maximum absolute atomic E-state index is 12.7. The van der Waals surface area contributed by atoms with Crippen LogP contribution in [0.3, 0.4) is 0 Å². The van der Waals surface area contributed by atoms with E-state index in [0.717, 1.165) is 19.5 Å². The van der Waals surface area contributed by atoms with Crippen molar-refractivity contribution in [2.45, 2.75) is 44.6 Å². The molecule has 4 rings (SSSR count). The molecule has 0 spiro atoms. The van der Waals surface area contributed by atoms with Gasteiger partial charge >= 0.3 is 6.09 Å². The number of aryl methyl sites for hydroxylation is 1. The van der Waals surface area contributed by atoms with Crippen molar-refractivity contribution < 1.29 is 14.3 Å². The van der Waals surface area contributed by atoms with Gasteiger partial charge in [0.2, 0.25) is 5.91 Å². The number of nitrogens with zero attached hydrogens (tertiary/aromatic N) is 1. The molecule has 1 unspecified atom stereocenters. The van der Waals surface area contributed by atoms with Crippen molar-refractivity contribution in [1.82, 2.24) is 10.2 Å².